The third kappa shape index (κ3) is 6.09. The molecule has 1 aromatic carbocycles. The number of hydrogen-bond acceptors (Lipinski definition) is 8. The Hall–Kier alpha value is -3.30. The number of aliphatic hydroxyl groups excluding tert-OH is 2. The molecule has 1 aliphatic carbocycles. The van der Waals surface area contributed by atoms with Crippen LogP contribution in [0.1, 0.15) is 61.0 Å². The van der Waals surface area contributed by atoms with Crippen LogP contribution in [-0.4, -0.2) is 57.1 Å². The number of aryl methyl sites for hydroxylation is 3. The molecule has 1 fully saturated rings. The smallest absolute Gasteiger partial charge is 0.258 e. The van der Waals surface area contributed by atoms with Crippen LogP contribution in [0.4, 0.5) is 0 Å². The largest absolute Gasteiger partial charge is 0.490 e. The van der Waals surface area contributed by atoms with Crippen molar-refractivity contribution in [2.75, 3.05) is 19.8 Å². The number of amides is 1. The molecule has 0 bridgehead atoms. The van der Waals surface area contributed by atoms with Crippen molar-refractivity contribution in [2.45, 2.75) is 64.9 Å². The highest BCUT2D eigenvalue weighted by molar-refractivity contribution is 5.76. The van der Waals surface area contributed by atoms with Gasteiger partial charge in [0.25, 0.3) is 5.89 Å². The standard InChI is InChI=1S/C27H34N4O5/c1-4-18-11-20(9-16(2)25(18)35-15-22(33)13-28-24(34)14-32)26-30-27(36-31-26)21-10-17(3)29-23(12-21)19-7-5-6-8-19/h9-12,19,22,32-33H,4-8,13-15H2,1-3H3,(H,28,34)/t22-/m1/s1. The fourth-order valence-corrected chi connectivity index (χ4v) is 4.68. The molecule has 1 amide bonds. The maximum Gasteiger partial charge on any atom is 0.258 e. The van der Waals surface area contributed by atoms with Crippen molar-refractivity contribution in [1.82, 2.24) is 20.4 Å². The second-order valence-electron chi connectivity index (χ2n) is 9.39. The van der Waals surface area contributed by atoms with Crippen LogP contribution in [0.3, 0.4) is 0 Å². The van der Waals surface area contributed by atoms with E-state index in [0.717, 1.165) is 33.6 Å². The van der Waals surface area contributed by atoms with Gasteiger partial charge in [-0.2, -0.15) is 4.98 Å². The first-order valence-electron chi connectivity index (χ1n) is 12.5. The number of nitrogens with zero attached hydrogens (tertiary/aromatic N) is 3. The van der Waals surface area contributed by atoms with Crippen LogP contribution in [0, 0.1) is 13.8 Å². The predicted molar refractivity (Wildman–Crippen MR) is 135 cm³/mol. The minimum atomic E-state index is -0.901. The monoisotopic (exact) mass is 494 g/mol. The number of nitrogens with one attached hydrogen (secondary N) is 1. The number of benzene rings is 1. The van der Waals surface area contributed by atoms with Gasteiger partial charge in [0.1, 0.15) is 25.1 Å². The second kappa shape index (κ2) is 11.6. The third-order valence-electron chi connectivity index (χ3n) is 6.51. The van der Waals surface area contributed by atoms with Gasteiger partial charge < -0.3 is 24.8 Å². The van der Waals surface area contributed by atoms with E-state index in [0.29, 0.717) is 29.8 Å². The predicted octanol–water partition coefficient (Wildman–Crippen LogP) is 3.48. The summed E-state index contributed by atoms with van der Waals surface area (Å²) in [5.41, 5.74) is 5.59. The van der Waals surface area contributed by atoms with Crippen molar-refractivity contribution >= 4 is 5.91 Å². The summed E-state index contributed by atoms with van der Waals surface area (Å²) >= 11 is 0. The average Bonchev–Trinajstić information content (AvgIpc) is 3.58. The molecular formula is C27H34N4O5. The quantitative estimate of drug-likeness (QED) is 0.390. The molecule has 2 heterocycles. The first-order valence-corrected chi connectivity index (χ1v) is 12.5. The molecule has 0 radical (unpaired) electrons. The maximum absolute atomic E-state index is 11.2. The minimum absolute atomic E-state index is 0.000556. The molecule has 1 aliphatic rings. The Balaban J connectivity index is 1.51. The van der Waals surface area contributed by atoms with Crippen molar-refractivity contribution in [3.8, 4) is 28.6 Å². The number of hydrogen-bond donors (Lipinski definition) is 3. The van der Waals surface area contributed by atoms with E-state index < -0.39 is 18.6 Å². The number of carbonyl (C=O) groups is 1. The van der Waals surface area contributed by atoms with Gasteiger partial charge in [-0.25, -0.2) is 0 Å². The zero-order chi connectivity index (χ0) is 25.7. The van der Waals surface area contributed by atoms with E-state index in [1.807, 2.05) is 39.0 Å². The van der Waals surface area contributed by atoms with Crippen LogP contribution in [0.15, 0.2) is 28.8 Å². The SMILES string of the molecule is CCc1cc(-c2noc(-c3cc(C)nc(C4CCCC4)c3)n2)cc(C)c1OC[C@H](O)CNC(=O)CO. The van der Waals surface area contributed by atoms with E-state index >= 15 is 0 Å². The molecule has 0 spiro atoms. The fraction of sp³-hybridized carbons (Fsp3) is 0.481. The Morgan fingerprint density at radius 2 is 1.94 bits per heavy atom. The number of ether oxygens (including phenoxy) is 1. The summed E-state index contributed by atoms with van der Waals surface area (Å²) < 4.78 is 11.5. The van der Waals surface area contributed by atoms with Crippen molar-refractivity contribution in [3.05, 3.63) is 46.8 Å². The molecule has 192 valence electrons. The highest BCUT2D eigenvalue weighted by atomic mass is 16.5. The summed E-state index contributed by atoms with van der Waals surface area (Å²) in [6.07, 6.45) is 4.65. The Morgan fingerprint density at radius 3 is 2.67 bits per heavy atom. The Bertz CT molecular complexity index is 1200. The highest BCUT2D eigenvalue weighted by Crippen LogP contribution is 2.35. The van der Waals surface area contributed by atoms with Gasteiger partial charge in [-0.15, -0.1) is 0 Å². The first-order chi connectivity index (χ1) is 17.4. The van der Waals surface area contributed by atoms with Crippen molar-refractivity contribution in [1.29, 1.82) is 0 Å². The topological polar surface area (TPSA) is 131 Å². The summed E-state index contributed by atoms with van der Waals surface area (Å²) in [7, 11) is 0. The Kier molecular flexibility index (Phi) is 8.32. The Morgan fingerprint density at radius 1 is 1.17 bits per heavy atom. The third-order valence-corrected chi connectivity index (χ3v) is 6.51. The van der Waals surface area contributed by atoms with E-state index in [9.17, 15) is 9.90 Å². The first kappa shape index (κ1) is 25.8. The number of aromatic nitrogens is 3. The van der Waals surface area contributed by atoms with Crippen molar-refractivity contribution < 1.29 is 24.3 Å². The van der Waals surface area contributed by atoms with Crippen LogP contribution in [-0.2, 0) is 11.2 Å². The molecule has 3 N–H and O–H groups in total. The lowest BCUT2D eigenvalue weighted by Crippen LogP contribution is -2.36. The normalized spacial score (nSPS) is 14.7. The number of rotatable bonds is 10. The number of pyridine rings is 1. The summed E-state index contributed by atoms with van der Waals surface area (Å²) in [5, 5.41) is 25.5. The van der Waals surface area contributed by atoms with Crippen LogP contribution in [0.5, 0.6) is 5.75 Å². The lowest BCUT2D eigenvalue weighted by molar-refractivity contribution is -0.124. The molecule has 1 atom stereocenters. The van der Waals surface area contributed by atoms with Gasteiger partial charge in [-0.1, -0.05) is 24.9 Å². The van der Waals surface area contributed by atoms with E-state index in [2.05, 4.69) is 21.5 Å². The van der Waals surface area contributed by atoms with Gasteiger partial charge in [0, 0.05) is 35.0 Å². The zero-order valence-corrected chi connectivity index (χ0v) is 21.1. The van der Waals surface area contributed by atoms with E-state index in [4.69, 9.17) is 19.4 Å². The van der Waals surface area contributed by atoms with E-state index in [1.165, 1.54) is 25.7 Å². The zero-order valence-electron chi connectivity index (χ0n) is 21.1. The van der Waals surface area contributed by atoms with E-state index in [1.54, 1.807) is 0 Å². The molecular weight excluding hydrogens is 460 g/mol. The molecule has 9 nitrogen and oxygen atoms in total. The van der Waals surface area contributed by atoms with Gasteiger partial charge in [0.2, 0.25) is 11.7 Å². The van der Waals surface area contributed by atoms with E-state index in [-0.39, 0.29) is 13.2 Å². The number of aliphatic hydroxyl groups is 2. The van der Waals surface area contributed by atoms with Crippen LogP contribution < -0.4 is 10.1 Å². The van der Waals surface area contributed by atoms with Crippen LogP contribution in [0.2, 0.25) is 0 Å². The van der Waals surface area contributed by atoms with Gasteiger partial charge >= 0.3 is 0 Å². The lowest BCUT2D eigenvalue weighted by atomic mass is 10.0. The van der Waals surface area contributed by atoms with Crippen LogP contribution >= 0.6 is 0 Å². The summed E-state index contributed by atoms with van der Waals surface area (Å²) in [5.74, 6) is 1.61. The molecule has 0 aliphatic heterocycles. The molecule has 3 aromatic rings. The molecule has 9 heteroatoms. The maximum atomic E-state index is 11.2. The average molecular weight is 495 g/mol. The minimum Gasteiger partial charge on any atom is -0.490 e. The van der Waals surface area contributed by atoms with Gasteiger partial charge in [0.05, 0.1) is 0 Å². The Labute approximate surface area is 210 Å². The molecule has 2 aromatic heterocycles. The molecule has 0 saturated heterocycles. The van der Waals surface area contributed by atoms with Crippen LogP contribution in [0.25, 0.3) is 22.8 Å². The molecule has 36 heavy (non-hydrogen) atoms. The molecule has 1 saturated carbocycles. The number of carbonyl (C=O) groups excluding carboxylic acids is 1. The molecule has 0 unspecified atom stereocenters. The van der Waals surface area contributed by atoms with Gasteiger partial charge in [-0.3, -0.25) is 9.78 Å². The van der Waals surface area contributed by atoms with Gasteiger partial charge in [0.15, 0.2) is 0 Å². The van der Waals surface area contributed by atoms with Gasteiger partial charge in [-0.05, 0) is 68.5 Å². The lowest BCUT2D eigenvalue weighted by Gasteiger charge is -2.17. The van der Waals surface area contributed by atoms with Crippen molar-refractivity contribution in [3.63, 3.8) is 0 Å². The molecule has 4 rings (SSSR count). The second-order valence-corrected chi connectivity index (χ2v) is 9.39. The van der Waals surface area contributed by atoms with Crippen molar-refractivity contribution in [2.24, 2.45) is 0 Å². The summed E-state index contributed by atoms with van der Waals surface area (Å²) in [6.45, 7) is 5.34. The summed E-state index contributed by atoms with van der Waals surface area (Å²) in [4.78, 5) is 20.6. The fourth-order valence-electron chi connectivity index (χ4n) is 4.68. The highest BCUT2D eigenvalue weighted by Gasteiger charge is 2.21. The summed E-state index contributed by atoms with van der Waals surface area (Å²) in [6, 6.07) is 7.96.